The van der Waals surface area contributed by atoms with Crippen LogP contribution in [0.5, 0.6) is 0 Å². The number of carbonyl (C=O) groups is 1. The first kappa shape index (κ1) is 16.3. The molecule has 1 aromatic rings. The average Bonchev–Trinajstić information content (AvgIpc) is 2.48. The summed E-state index contributed by atoms with van der Waals surface area (Å²) in [6.07, 6.45) is 0. The topological polar surface area (TPSA) is 67.9 Å². The molecule has 6 heteroatoms. The number of hydrogen-bond donors (Lipinski definition) is 1. The Morgan fingerprint density at radius 1 is 1.40 bits per heavy atom. The molecule has 0 atom stereocenters. The van der Waals surface area contributed by atoms with Crippen LogP contribution in [0.4, 0.5) is 11.4 Å². The molecule has 2 N–H and O–H groups in total. The van der Waals surface area contributed by atoms with Crippen LogP contribution >= 0.6 is 11.6 Å². The third-order valence-electron chi connectivity index (χ3n) is 2.90. The Morgan fingerprint density at radius 3 is 2.55 bits per heavy atom. The highest BCUT2D eigenvalue weighted by molar-refractivity contribution is 6.28. The summed E-state index contributed by atoms with van der Waals surface area (Å²) in [6.45, 7) is 5.66. The zero-order valence-corrected chi connectivity index (χ0v) is 12.8. The molecule has 0 aromatic heterocycles. The van der Waals surface area contributed by atoms with E-state index in [4.69, 9.17) is 22.1 Å². The lowest BCUT2D eigenvalue weighted by atomic mass is 10.1. The molecular formula is C14H20ClN3O2. The summed E-state index contributed by atoms with van der Waals surface area (Å²) >= 11 is 5.66. The van der Waals surface area contributed by atoms with Gasteiger partial charge in [0.15, 0.2) is 0 Å². The maximum atomic E-state index is 11.6. The number of nitrogens with two attached hydrogens (primary N) is 1. The van der Waals surface area contributed by atoms with Crippen molar-refractivity contribution in [3.05, 3.63) is 23.8 Å². The maximum Gasteiger partial charge on any atom is 0.337 e. The molecule has 0 aliphatic rings. The Hall–Kier alpha value is -1.75. The standard InChI is InChI=1S/C14H20ClN3O2/c1-4-18(5-2)12-8-10(14(19)20-3)6-7-11(12)17-13(16)9-15/h6-8H,4-5,9H2,1-3H3,(H2,16,17). The number of methoxy groups -OCH3 is 1. The lowest BCUT2D eigenvalue weighted by Gasteiger charge is -2.23. The van der Waals surface area contributed by atoms with Gasteiger partial charge in [-0.25, -0.2) is 9.79 Å². The van der Waals surface area contributed by atoms with Gasteiger partial charge < -0.3 is 15.4 Å². The Balaban J connectivity index is 3.33. The van der Waals surface area contributed by atoms with E-state index in [1.807, 2.05) is 13.8 Å². The number of aliphatic imine (C=N–C) groups is 1. The predicted octanol–water partition coefficient (Wildman–Crippen LogP) is 2.55. The third kappa shape index (κ3) is 3.87. The SMILES string of the molecule is CCN(CC)c1cc(C(=O)OC)ccc1N=C(N)CCl. The van der Waals surface area contributed by atoms with Crippen molar-refractivity contribution in [2.75, 3.05) is 31.0 Å². The van der Waals surface area contributed by atoms with E-state index in [0.29, 0.717) is 17.1 Å². The van der Waals surface area contributed by atoms with Gasteiger partial charge in [0, 0.05) is 13.1 Å². The summed E-state index contributed by atoms with van der Waals surface area (Å²) in [5, 5.41) is 0. The normalized spacial score (nSPS) is 11.3. The van der Waals surface area contributed by atoms with E-state index in [9.17, 15) is 4.79 Å². The predicted molar refractivity (Wildman–Crippen MR) is 83.3 cm³/mol. The van der Waals surface area contributed by atoms with Crippen LogP contribution in [-0.4, -0.2) is 37.9 Å². The minimum absolute atomic E-state index is 0.163. The van der Waals surface area contributed by atoms with Gasteiger partial charge in [-0.3, -0.25) is 0 Å². The maximum absolute atomic E-state index is 11.6. The van der Waals surface area contributed by atoms with Crippen molar-refractivity contribution < 1.29 is 9.53 Å². The number of benzene rings is 1. The number of esters is 1. The number of alkyl halides is 1. The van der Waals surface area contributed by atoms with Gasteiger partial charge in [-0.05, 0) is 32.0 Å². The van der Waals surface area contributed by atoms with Gasteiger partial charge in [0.25, 0.3) is 0 Å². The van der Waals surface area contributed by atoms with E-state index in [1.165, 1.54) is 7.11 Å². The first-order valence-electron chi connectivity index (χ1n) is 6.43. The van der Waals surface area contributed by atoms with Crippen LogP contribution in [0.25, 0.3) is 0 Å². The van der Waals surface area contributed by atoms with Gasteiger partial charge in [0.2, 0.25) is 0 Å². The van der Waals surface area contributed by atoms with Gasteiger partial charge in [-0.15, -0.1) is 11.6 Å². The van der Waals surface area contributed by atoms with Crippen molar-refractivity contribution in [3.8, 4) is 0 Å². The summed E-state index contributed by atoms with van der Waals surface area (Å²) in [5.74, 6) is 0.126. The monoisotopic (exact) mass is 297 g/mol. The zero-order valence-electron chi connectivity index (χ0n) is 12.0. The van der Waals surface area contributed by atoms with E-state index >= 15 is 0 Å². The first-order chi connectivity index (χ1) is 9.57. The number of ether oxygens (including phenoxy) is 1. The van der Waals surface area contributed by atoms with Gasteiger partial charge in [0.1, 0.15) is 5.84 Å². The minimum atomic E-state index is -0.376. The third-order valence-corrected chi connectivity index (χ3v) is 3.18. The summed E-state index contributed by atoms with van der Waals surface area (Å²) in [7, 11) is 1.36. The number of hydrogen-bond acceptors (Lipinski definition) is 4. The molecule has 0 saturated carbocycles. The van der Waals surface area contributed by atoms with Crippen LogP contribution in [0.15, 0.2) is 23.2 Å². The Kier molecular flexibility index (Phi) is 6.31. The van der Waals surface area contributed by atoms with Crippen molar-refractivity contribution in [1.82, 2.24) is 0 Å². The molecule has 0 amide bonds. The van der Waals surface area contributed by atoms with E-state index in [1.54, 1.807) is 18.2 Å². The second-order valence-electron chi connectivity index (χ2n) is 4.10. The molecule has 0 aliphatic heterocycles. The van der Waals surface area contributed by atoms with E-state index in [2.05, 4.69) is 9.89 Å². The molecule has 0 heterocycles. The van der Waals surface area contributed by atoms with Crippen LogP contribution in [0.3, 0.4) is 0 Å². The molecule has 1 aromatic carbocycles. The number of anilines is 1. The van der Waals surface area contributed by atoms with Crippen molar-refractivity contribution in [1.29, 1.82) is 0 Å². The fourth-order valence-corrected chi connectivity index (χ4v) is 1.92. The highest BCUT2D eigenvalue weighted by atomic mass is 35.5. The van der Waals surface area contributed by atoms with E-state index in [0.717, 1.165) is 18.8 Å². The fraction of sp³-hybridized carbons (Fsp3) is 0.429. The second kappa shape index (κ2) is 7.75. The van der Waals surface area contributed by atoms with E-state index < -0.39 is 0 Å². The minimum Gasteiger partial charge on any atom is -0.465 e. The lowest BCUT2D eigenvalue weighted by Crippen LogP contribution is -2.22. The highest BCUT2D eigenvalue weighted by Gasteiger charge is 2.13. The Bertz CT molecular complexity index is 499. The number of halogens is 1. The quantitative estimate of drug-likeness (QED) is 0.379. The molecule has 0 radical (unpaired) electrons. The molecule has 5 nitrogen and oxygen atoms in total. The second-order valence-corrected chi connectivity index (χ2v) is 4.37. The van der Waals surface area contributed by atoms with Gasteiger partial charge in [-0.2, -0.15) is 0 Å². The van der Waals surface area contributed by atoms with Gasteiger partial charge in [-0.1, -0.05) is 0 Å². The number of carbonyl (C=O) groups excluding carboxylic acids is 1. The fourth-order valence-electron chi connectivity index (χ4n) is 1.86. The summed E-state index contributed by atoms with van der Waals surface area (Å²) in [5.41, 5.74) is 7.71. The molecule has 110 valence electrons. The molecule has 0 fully saturated rings. The summed E-state index contributed by atoms with van der Waals surface area (Å²) < 4.78 is 4.74. The molecule has 0 bridgehead atoms. The van der Waals surface area contributed by atoms with Crippen molar-refractivity contribution in [2.45, 2.75) is 13.8 Å². The van der Waals surface area contributed by atoms with E-state index in [-0.39, 0.29) is 11.8 Å². The first-order valence-corrected chi connectivity index (χ1v) is 6.97. The molecule has 0 aliphatic carbocycles. The van der Waals surface area contributed by atoms with Crippen LogP contribution in [0, 0.1) is 0 Å². The molecule has 0 saturated heterocycles. The van der Waals surface area contributed by atoms with Crippen LogP contribution in [0.2, 0.25) is 0 Å². The smallest absolute Gasteiger partial charge is 0.337 e. The van der Waals surface area contributed by atoms with Gasteiger partial charge >= 0.3 is 5.97 Å². The van der Waals surface area contributed by atoms with Gasteiger partial charge in [0.05, 0.1) is 29.9 Å². The molecule has 20 heavy (non-hydrogen) atoms. The number of rotatable bonds is 6. The average molecular weight is 298 g/mol. The van der Waals surface area contributed by atoms with Crippen molar-refractivity contribution >= 4 is 34.8 Å². The Labute approximate surface area is 124 Å². The molecular weight excluding hydrogens is 278 g/mol. The molecule has 0 spiro atoms. The summed E-state index contributed by atoms with van der Waals surface area (Å²) in [4.78, 5) is 18.0. The van der Waals surface area contributed by atoms with Crippen molar-refractivity contribution in [3.63, 3.8) is 0 Å². The largest absolute Gasteiger partial charge is 0.465 e. The number of amidine groups is 1. The number of nitrogens with zero attached hydrogens (tertiary/aromatic N) is 2. The summed E-state index contributed by atoms with van der Waals surface area (Å²) in [6, 6.07) is 5.18. The zero-order chi connectivity index (χ0) is 15.1. The van der Waals surface area contributed by atoms with Crippen LogP contribution < -0.4 is 10.6 Å². The lowest BCUT2D eigenvalue weighted by molar-refractivity contribution is 0.0601. The Morgan fingerprint density at radius 2 is 2.05 bits per heavy atom. The van der Waals surface area contributed by atoms with Crippen LogP contribution in [-0.2, 0) is 4.74 Å². The highest BCUT2D eigenvalue weighted by Crippen LogP contribution is 2.30. The van der Waals surface area contributed by atoms with Crippen molar-refractivity contribution in [2.24, 2.45) is 10.7 Å². The molecule has 0 unspecified atom stereocenters. The molecule has 1 rings (SSSR count). The van der Waals surface area contributed by atoms with Crippen LogP contribution in [0.1, 0.15) is 24.2 Å².